The average Bonchev–Trinajstić information content (AvgIpc) is 3.64. The van der Waals surface area contributed by atoms with Crippen LogP contribution in [0.15, 0.2) is 97.1 Å². The Labute approximate surface area is 374 Å². The molecule has 1 saturated heterocycles. The molecule has 5 atom stereocenters. The number of halogens is 2. The normalized spacial score (nSPS) is 26.4. The first-order valence-corrected chi connectivity index (χ1v) is 22.6. The number of amides is 3. The molecule has 4 aromatic rings. The van der Waals surface area contributed by atoms with Crippen molar-refractivity contribution in [2.75, 3.05) is 10.6 Å². The molecule has 0 aromatic heterocycles. The van der Waals surface area contributed by atoms with Crippen molar-refractivity contribution in [1.29, 1.82) is 0 Å². The van der Waals surface area contributed by atoms with Gasteiger partial charge in [-0.1, -0.05) is 104 Å². The molecule has 328 valence electrons. The van der Waals surface area contributed by atoms with E-state index in [1.54, 1.807) is 51.1 Å². The van der Waals surface area contributed by atoms with E-state index in [9.17, 15) is 15.0 Å². The van der Waals surface area contributed by atoms with E-state index in [4.69, 9.17) is 27.9 Å². The topological polar surface area (TPSA) is 140 Å². The molecule has 2 heterocycles. The maximum atomic E-state index is 16.0. The number of nitrogens with one attached hydrogen (secondary N) is 3. The Balaban J connectivity index is 1.45. The molecule has 4 aliphatic rings. The molecule has 3 fully saturated rings. The van der Waals surface area contributed by atoms with Gasteiger partial charge in [-0.25, -0.2) is 4.79 Å². The molecule has 0 radical (unpaired) electrons. The first-order chi connectivity index (χ1) is 29.4. The van der Waals surface area contributed by atoms with Gasteiger partial charge in [-0.15, -0.1) is 0 Å². The quantitative estimate of drug-likeness (QED) is 0.119. The fraction of sp³-hybridized carbons (Fsp3) is 0.460. The van der Waals surface area contributed by atoms with Crippen molar-refractivity contribution in [3.05, 3.63) is 129 Å². The van der Waals surface area contributed by atoms with Gasteiger partial charge in [-0.05, 0) is 130 Å². The van der Waals surface area contributed by atoms with Crippen molar-refractivity contribution in [3.8, 4) is 0 Å². The van der Waals surface area contributed by atoms with Crippen LogP contribution in [0, 0.1) is 5.41 Å². The van der Waals surface area contributed by atoms with Gasteiger partial charge in [0.15, 0.2) is 0 Å². The van der Waals surface area contributed by atoms with E-state index >= 15 is 9.59 Å². The highest BCUT2D eigenvalue weighted by Gasteiger charge is 2.77. The first kappa shape index (κ1) is 44.2. The van der Waals surface area contributed by atoms with Crippen molar-refractivity contribution in [1.82, 2.24) is 10.2 Å². The Morgan fingerprint density at radius 2 is 1.47 bits per heavy atom. The predicted octanol–water partition coefficient (Wildman–Crippen LogP) is 10.2. The van der Waals surface area contributed by atoms with Crippen LogP contribution in [0.4, 0.5) is 16.2 Å². The van der Waals surface area contributed by atoms with Gasteiger partial charge in [0.1, 0.15) is 11.0 Å². The number of aliphatic hydroxyl groups excluding tert-OH is 2. The lowest BCUT2D eigenvalue weighted by Gasteiger charge is -2.56. The number of hydrogen-bond donors (Lipinski definition) is 5. The molecular formula is C50H58Cl2N4O6. The van der Waals surface area contributed by atoms with Gasteiger partial charge in [0.25, 0.3) is 0 Å². The summed E-state index contributed by atoms with van der Waals surface area (Å²) in [6, 6.07) is 27.8. The number of hydrogen-bond acceptors (Lipinski definition) is 7. The van der Waals surface area contributed by atoms with Gasteiger partial charge >= 0.3 is 6.09 Å². The van der Waals surface area contributed by atoms with Crippen LogP contribution in [0.25, 0.3) is 0 Å². The Hall–Kier alpha value is -4.45. The Bertz CT molecular complexity index is 2300. The van der Waals surface area contributed by atoms with Gasteiger partial charge in [0, 0.05) is 38.9 Å². The van der Waals surface area contributed by atoms with E-state index in [1.807, 2.05) is 66.7 Å². The molecule has 2 aliphatic carbocycles. The minimum absolute atomic E-state index is 0.0877. The van der Waals surface area contributed by atoms with Crippen LogP contribution in [0.3, 0.4) is 0 Å². The number of rotatable bonds is 8. The minimum Gasteiger partial charge on any atom is -0.444 e. The zero-order valence-corrected chi connectivity index (χ0v) is 37.6. The first-order valence-electron chi connectivity index (χ1n) is 21.9. The van der Waals surface area contributed by atoms with Crippen molar-refractivity contribution in [3.63, 3.8) is 0 Å². The van der Waals surface area contributed by atoms with Crippen LogP contribution >= 0.6 is 23.2 Å². The smallest absolute Gasteiger partial charge is 0.412 e. The highest BCUT2D eigenvalue weighted by Crippen LogP contribution is 2.69. The number of fused-ring (bicyclic) bond motifs is 3. The second-order valence-corrected chi connectivity index (χ2v) is 20.5. The fourth-order valence-electron chi connectivity index (χ4n) is 11.1. The number of likely N-dealkylation sites (tertiary alicyclic amines) is 1. The van der Waals surface area contributed by atoms with Crippen molar-refractivity contribution >= 4 is 52.5 Å². The molecular weight excluding hydrogens is 823 g/mol. The van der Waals surface area contributed by atoms with E-state index in [0.29, 0.717) is 76.6 Å². The molecule has 2 spiro atoms. The summed E-state index contributed by atoms with van der Waals surface area (Å²) < 4.78 is 5.65. The molecule has 5 N–H and O–H groups in total. The van der Waals surface area contributed by atoms with Crippen LogP contribution in [0.5, 0.6) is 0 Å². The maximum absolute atomic E-state index is 16.0. The third-order valence-electron chi connectivity index (χ3n) is 13.9. The molecule has 0 bridgehead atoms. The Morgan fingerprint density at radius 3 is 2.10 bits per heavy atom. The molecule has 2 saturated carbocycles. The third-order valence-corrected chi connectivity index (χ3v) is 14.3. The third kappa shape index (κ3) is 8.13. The summed E-state index contributed by atoms with van der Waals surface area (Å²) in [6.45, 7) is 9.83. The zero-order valence-electron chi connectivity index (χ0n) is 36.1. The van der Waals surface area contributed by atoms with Crippen molar-refractivity contribution in [2.45, 2.75) is 139 Å². The van der Waals surface area contributed by atoms with Crippen LogP contribution in [-0.4, -0.2) is 62.3 Å². The second-order valence-electron chi connectivity index (χ2n) is 19.6. The molecule has 10 nitrogen and oxygen atoms in total. The van der Waals surface area contributed by atoms with E-state index in [2.05, 4.69) is 34.7 Å². The Kier molecular flexibility index (Phi) is 12.1. The standard InChI is InChI=1S/C50H58Cl2N4O6/c1-47(2,3)62-46(61)54-36-27-32(26-34(52)28-36)40-42(44(59)53-35-17-19-37(57)20-18-35)56(41(30-12-8-6-9-13-30)43(58)31-14-10-7-11-15-31)49(24-22-48(4,5)23-25-49)50(40)38-21-16-33(51)29-39(38)55-45(50)60/h6-16,21,26-29,35,37,40-43,57-58H,17-20,22-25H2,1-5H3,(H,53,59)(H,54,61)(H,55,60)/t35-,37-,40-,41+,42+,43-,50?/m0/s1. The summed E-state index contributed by atoms with van der Waals surface area (Å²) in [7, 11) is 0. The van der Waals surface area contributed by atoms with Crippen molar-refractivity contribution in [2.24, 2.45) is 5.41 Å². The minimum atomic E-state index is -1.45. The van der Waals surface area contributed by atoms with Gasteiger partial charge in [-0.3, -0.25) is 19.8 Å². The fourth-order valence-corrected chi connectivity index (χ4v) is 11.6. The van der Waals surface area contributed by atoms with E-state index < -0.39 is 52.9 Å². The zero-order chi connectivity index (χ0) is 44.2. The highest BCUT2D eigenvalue weighted by atomic mass is 35.5. The number of aliphatic hydroxyl groups is 2. The molecule has 1 unspecified atom stereocenters. The monoisotopic (exact) mass is 880 g/mol. The SMILES string of the molecule is CC1(C)CCC2(CC1)N([C@H](c1ccccc1)[C@@H](O)c1ccccc1)[C@@H](C(=O)N[C@H]1CC[C@H](O)CC1)[C@H](c1cc(Cl)cc(NC(=O)OC(C)(C)C)c1)C21C(=O)Nc2cc(Cl)ccc21. The summed E-state index contributed by atoms with van der Waals surface area (Å²) in [5.41, 5.74) is 0.227. The molecule has 4 aromatic carbocycles. The summed E-state index contributed by atoms with van der Waals surface area (Å²) in [5.74, 6) is -1.49. The maximum Gasteiger partial charge on any atom is 0.412 e. The van der Waals surface area contributed by atoms with Gasteiger partial charge in [0.2, 0.25) is 11.8 Å². The number of ether oxygens (including phenoxy) is 1. The predicted molar refractivity (Wildman–Crippen MR) is 243 cm³/mol. The highest BCUT2D eigenvalue weighted by molar-refractivity contribution is 6.31. The average molecular weight is 882 g/mol. The van der Waals surface area contributed by atoms with E-state index in [-0.39, 0.29) is 23.3 Å². The van der Waals surface area contributed by atoms with Crippen LogP contribution in [0.1, 0.15) is 126 Å². The molecule has 62 heavy (non-hydrogen) atoms. The Morgan fingerprint density at radius 1 is 0.839 bits per heavy atom. The molecule has 2 aliphatic heterocycles. The van der Waals surface area contributed by atoms with Crippen LogP contribution < -0.4 is 16.0 Å². The van der Waals surface area contributed by atoms with Gasteiger partial charge in [0.05, 0.1) is 24.3 Å². The lowest BCUT2D eigenvalue weighted by atomic mass is 9.53. The number of nitrogens with zero attached hydrogens (tertiary/aromatic N) is 1. The second kappa shape index (κ2) is 16.9. The van der Waals surface area contributed by atoms with Gasteiger partial charge in [-0.2, -0.15) is 0 Å². The summed E-state index contributed by atoms with van der Waals surface area (Å²) in [5, 5.41) is 33.8. The number of carbonyl (C=O) groups is 3. The lowest BCUT2D eigenvalue weighted by molar-refractivity contribution is -0.137. The molecule has 3 amide bonds. The van der Waals surface area contributed by atoms with E-state index in [0.717, 1.165) is 18.4 Å². The summed E-state index contributed by atoms with van der Waals surface area (Å²) in [6.07, 6.45) is 2.51. The summed E-state index contributed by atoms with van der Waals surface area (Å²) >= 11 is 13.7. The van der Waals surface area contributed by atoms with Crippen molar-refractivity contribution < 1.29 is 29.3 Å². The van der Waals surface area contributed by atoms with Crippen LogP contribution in [0.2, 0.25) is 10.0 Å². The molecule has 8 rings (SSSR count). The molecule has 12 heteroatoms. The van der Waals surface area contributed by atoms with E-state index in [1.165, 1.54) is 0 Å². The number of carbonyl (C=O) groups excluding carboxylic acids is 3. The van der Waals surface area contributed by atoms with Crippen LogP contribution in [-0.2, 0) is 19.7 Å². The number of anilines is 2. The number of benzene rings is 4. The summed E-state index contributed by atoms with van der Waals surface area (Å²) in [4.78, 5) is 47.4. The lowest BCUT2D eigenvalue weighted by Crippen LogP contribution is -2.64. The van der Waals surface area contributed by atoms with Gasteiger partial charge < -0.3 is 25.6 Å². The largest absolute Gasteiger partial charge is 0.444 e.